The van der Waals surface area contributed by atoms with Gasteiger partial charge in [0.25, 0.3) is 0 Å². The van der Waals surface area contributed by atoms with Crippen LogP contribution in [0.2, 0.25) is 0 Å². The number of likely N-dealkylation sites (N-methyl/N-ethyl adjacent to an activating group) is 1. The molecule has 1 aromatic heterocycles. The Balaban J connectivity index is 2.18. The minimum absolute atomic E-state index is 0.00380. The molecule has 0 aromatic carbocycles. The van der Waals surface area contributed by atoms with Crippen molar-refractivity contribution in [1.82, 2.24) is 15.3 Å². The van der Waals surface area contributed by atoms with Crippen LogP contribution in [0, 0.1) is 12.8 Å². The zero-order valence-electron chi connectivity index (χ0n) is 17.0. The lowest BCUT2D eigenvalue weighted by Crippen LogP contribution is -2.32. The minimum Gasteiger partial charge on any atom is -0.488 e. The second kappa shape index (κ2) is 9.97. The van der Waals surface area contributed by atoms with Crippen molar-refractivity contribution in [3.8, 4) is 5.75 Å². The maximum absolute atomic E-state index is 11.3. The van der Waals surface area contributed by atoms with Crippen molar-refractivity contribution < 1.29 is 24.2 Å². The third-order valence-electron chi connectivity index (χ3n) is 4.90. The first kappa shape index (κ1) is 22.3. The molecular weight excluding hydrogens is 378 g/mol. The van der Waals surface area contributed by atoms with Crippen LogP contribution in [0.15, 0.2) is 17.8 Å². The number of hydrogen-bond acceptors (Lipinski definition) is 8. The van der Waals surface area contributed by atoms with Crippen LogP contribution in [0.25, 0.3) is 5.70 Å². The average molecular weight is 407 g/mol. The Morgan fingerprint density at radius 2 is 2.10 bits per heavy atom. The number of carboxylic acid groups (broad SMARTS) is 1. The standard InChI is InChI=1S/C19H29N5O5/c1-11-15(29-16-6-4-5-12(16)9-17(25)26)8-7-13(23-11)18(20)14(24(3)21)10-28-19(27)22-2/h7-8,12,16H,4-6,9-10,20-21H2,1-3H3,(H,22,27)(H,25,26)/b18-14-. The summed E-state index contributed by atoms with van der Waals surface area (Å²) in [7, 11) is 3.04. The van der Waals surface area contributed by atoms with Gasteiger partial charge in [-0.25, -0.2) is 15.6 Å². The number of amides is 1. The Morgan fingerprint density at radius 1 is 1.38 bits per heavy atom. The van der Waals surface area contributed by atoms with Crippen LogP contribution in [0.3, 0.4) is 0 Å². The highest BCUT2D eigenvalue weighted by atomic mass is 16.5. The van der Waals surface area contributed by atoms with Gasteiger partial charge in [0.2, 0.25) is 0 Å². The second-order valence-electron chi connectivity index (χ2n) is 7.02. The number of carbonyl (C=O) groups is 2. The molecule has 0 saturated heterocycles. The molecule has 2 unspecified atom stereocenters. The topological polar surface area (TPSA) is 153 Å². The number of ether oxygens (including phenoxy) is 2. The van der Waals surface area contributed by atoms with E-state index < -0.39 is 12.1 Å². The molecule has 6 N–H and O–H groups in total. The number of nitrogens with zero attached hydrogens (tertiary/aromatic N) is 2. The quantitative estimate of drug-likeness (QED) is 0.368. The molecule has 1 saturated carbocycles. The summed E-state index contributed by atoms with van der Waals surface area (Å²) >= 11 is 0. The molecule has 1 fully saturated rings. The van der Waals surface area contributed by atoms with Gasteiger partial charge >= 0.3 is 12.1 Å². The molecule has 0 spiro atoms. The number of nitrogens with two attached hydrogens (primary N) is 2. The van der Waals surface area contributed by atoms with Gasteiger partial charge in [0.05, 0.1) is 29.2 Å². The number of rotatable bonds is 8. The largest absolute Gasteiger partial charge is 0.488 e. The molecular formula is C19H29N5O5. The van der Waals surface area contributed by atoms with E-state index in [9.17, 15) is 9.59 Å². The Kier molecular flexibility index (Phi) is 7.66. The molecule has 10 heteroatoms. The fourth-order valence-corrected chi connectivity index (χ4v) is 3.33. The summed E-state index contributed by atoms with van der Waals surface area (Å²) < 4.78 is 11.1. The highest BCUT2D eigenvalue weighted by Crippen LogP contribution is 2.33. The molecule has 29 heavy (non-hydrogen) atoms. The number of aliphatic carboxylic acids is 1. The fraction of sp³-hybridized carbons (Fsp3) is 0.526. The first-order valence-corrected chi connectivity index (χ1v) is 9.41. The van der Waals surface area contributed by atoms with E-state index in [1.54, 1.807) is 26.1 Å². The molecule has 1 aliphatic carbocycles. The molecule has 10 nitrogen and oxygen atoms in total. The van der Waals surface area contributed by atoms with E-state index >= 15 is 0 Å². The summed E-state index contributed by atoms with van der Waals surface area (Å²) in [6, 6.07) is 3.45. The lowest BCUT2D eigenvalue weighted by Gasteiger charge is -2.22. The summed E-state index contributed by atoms with van der Waals surface area (Å²) in [5.74, 6) is 5.59. The van der Waals surface area contributed by atoms with Crippen LogP contribution in [0.4, 0.5) is 4.79 Å². The van der Waals surface area contributed by atoms with Crippen LogP contribution in [0.1, 0.15) is 37.1 Å². The third kappa shape index (κ3) is 5.98. The summed E-state index contributed by atoms with van der Waals surface area (Å²) in [6.45, 7) is 1.68. The number of pyridine rings is 1. The van der Waals surface area contributed by atoms with Crippen molar-refractivity contribution in [2.24, 2.45) is 17.5 Å². The summed E-state index contributed by atoms with van der Waals surface area (Å²) in [5, 5.41) is 12.7. The first-order valence-electron chi connectivity index (χ1n) is 9.41. The van der Waals surface area contributed by atoms with E-state index in [0.717, 1.165) is 19.3 Å². The van der Waals surface area contributed by atoms with Gasteiger partial charge < -0.3 is 30.6 Å². The van der Waals surface area contributed by atoms with Gasteiger partial charge in [-0.15, -0.1) is 0 Å². The molecule has 0 radical (unpaired) electrons. The third-order valence-corrected chi connectivity index (χ3v) is 4.90. The molecule has 160 valence electrons. The zero-order valence-corrected chi connectivity index (χ0v) is 17.0. The monoisotopic (exact) mass is 407 g/mol. The number of carbonyl (C=O) groups excluding carboxylic acids is 1. The van der Waals surface area contributed by atoms with Crippen molar-refractivity contribution in [3.05, 3.63) is 29.2 Å². The molecule has 1 heterocycles. The highest BCUT2D eigenvalue weighted by molar-refractivity contribution is 5.68. The number of aromatic nitrogens is 1. The number of carboxylic acids is 1. The smallest absolute Gasteiger partial charge is 0.407 e. The Morgan fingerprint density at radius 3 is 2.69 bits per heavy atom. The van der Waals surface area contributed by atoms with Gasteiger partial charge in [0.1, 0.15) is 18.5 Å². The van der Waals surface area contributed by atoms with Crippen LogP contribution in [0.5, 0.6) is 5.75 Å². The SMILES string of the molecule is CNC(=O)OC/C(=C(/N)c1ccc(OC2CCCC2CC(=O)O)c(C)n1)N(C)N. The molecule has 2 rings (SSSR count). The van der Waals surface area contributed by atoms with Crippen molar-refractivity contribution in [1.29, 1.82) is 0 Å². The van der Waals surface area contributed by atoms with Crippen molar-refractivity contribution >= 4 is 17.8 Å². The molecule has 0 bridgehead atoms. The van der Waals surface area contributed by atoms with E-state index in [1.807, 2.05) is 0 Å². The molecule has 1 aliphatic rings. The van der Waals surface area contributed by atoms with Gasteiger partial charge in [-0.3, -0.25) is 4.79 Å². The highest BCUT2D eigenvalue weighted by Gasteiger charge is 2.31. The van der Waals surface area contributed by atoms with E-state index in [0.29, 0.717) is 22.8 Å². The normalized spacial score (nSPS) is 19.3. The summed E-state index contributed by atoms with van der Waals surface area (Å²) in [4.78, 5) is 26.9. The van der Waals surface area contributed by atoms with Crippen molar-refractivity contribution in [2.75, 3.05) is 20.7 Å². The van der Waals surface area contributed by atoms with Crippen LogP contribution >= 0.6 is 0 Å². The van der Waals surface area contributed by atoms with Gasteiger partial charge in [-0.1, -0.05) is 0 Å². The van der Waals surface area contributed by atoms with Crippen molar-refractivity contribution in [2.45, 2.75) is 38.7 Å². The maximum Gasteiger partial charge on any atom is 0.407 e. The average Bonchev–Trinajstić information content (AvgIpc) is 3.08. The lowest BCUT2D eigenvalue weighted by molar-refractivity contribution is -0.138. The first-order chi connectivity index (χ1) is 13.7. The lowest BCUT2D eigenvalue weighted by atomic mass is 10.0. The number of hydrogen-bond donors (Lipinski definition) is 4. The van der Waals surface area contributed by atoms with Gasteiger partial charge in [0.15, 0.2) is 0 Å². The minimum atomic E-state index is -0.814. The van der Waals surface area contributed by atoms with Gasteiger partial charge in [-0.2, -0.15) is 0 Å². The van der Waals surface area contributed by atoms with E-state index in [4.69, 9.17) is 26.2 Å². The number of hydrazine groups is 1. The number of aryl methyl sites for hydroxylation is 1. The fourth-order valence-electron chi connectivity index (χ4n) is 3.33. The molecule has 0 aliphatic heterocycles. The van der Waals surface area contributed by atoms with E-state index in [-0.39, 0.29) is 30.7 Å². The predicted octanol–water partition coefficient (Wildman–Crippen LogP) is 1.20. The second-order valence-corrected chi connectivity index (χ2v) is 7.02. The molecule has 1 amide bonds. The number of alkyl carbamates (subject to hydrolysis) is 1. The zero-order chi connectivity index (χ0) is 21.6. The molecule has 2 atom stereocenters. The van der Waals surface area contributed by atoms with Crippen LogP contribution in [-0.4, -0.2) is 54.0 Å². The summed E-state index contributed by atoms with van der Waals surface area (Å²) in [6.07, 6.45) is 1.96. The number of nitrogens with one attached hydrogen (secondary N) is 1. The Labute approximate surface area is 169 Å². The predicted molar refractivity (Wildman–Crippen MR) is 106 cm³/mol. The van der Waals surface area contributed by atoms with Gasteiger partial charge in [-0.05, 0) is 38.3 Å². The van der Waals surface area contributed by atoms with E-state index in [2.05, 4.69) is 10.3 Å². The maximum atomic E-state index is 11.3. The van der Waals surface area contributed by atoms with E-state index in [1.165, 1.54) is 12.1 Å². The van der Waals surface area contributed by atoms with Crippen LogP contribution in [-0.2, 0) is 9.53 Å². The summed E-state index contributed by atoms with van der Waals surface area (Å²) in [5.41, 5.74) is 7.97. The van der Waals surface area contributed by atoms with Gasteiger partial charge in [0, 0.05) is 20.0 Å². The van der Waals surface area contributed by atoms with Crippen molar-refractivity contribution in [3.63, 3.8) is 0 Å². The Hall–Kier alpha value is -3.01. The Bertz CT molecular complexity index is 780. The van der Waals surface area contributed by atoms with Crippen LogP contribution < -0.4 is 21.6 Å². The molecule has 1 aromatic rings.